The SMILES string of the molecule is O=C(Nc1cccc2ccnn12)N1CCCC(n2ccnc2)C1. The fourth-order valence-corrected chi connectivity index (χ4v) is 3.10. The average molecular weight is 310 g/mol. The van der Waals surface area contributed by atoms with Crippen LogP contribution in [0.25, 0.3) is 5.52 Å². The fourth-order valence-electron chi connectivity index (χ4n) is 3.10. The van der Waals surface area contributed by atoms with Gasteiger partial charge in [-0.15, -0.1) is 0 Å². The number of hydrogen-bond acceptors (Lipinski definition) is 3. The molecule has 7 heteroatoms. The summed E-state index contributed by atoms with van der Waals surface area (Å²) in [6.45, 7) is 1.46. The monoisotopic (exact) mass is 310 g/mol. The van der Waals surface area contributed by atoms with Gasteiger partial charge in [-0.2, -0.15) is 5.10 Å². The molecule has 7 nitrogen and oxygen atoms in total. The van der Waals surface area contributed by atoms with E-state index in [-0.39, 0.29) is 12.1 Å². The molecule has 0 saturated carbocycles. The van der Waals surface area contributed by atoms with Crippen molar-refractivity contribution in [2.24, 2.45) is 0 Å². The van der Waals surface area contributed by atoms with Crippen molar-refractivity contribution in [1.82, 2.24) is 24.1 Å². The molecule has 4 heterocycles. The summed E-state index contributed by atoms with van der Waals surface area (Å²) in [5.41, 5.74) is 0.956. The molecule has 0 radical (unpaired) electrons. The van der Waals surface area contributed by atoms with Gasteiger partial charge in [0.1, 0.15) is 5.82 Å². The zero-order valence-electron chi connectivity index (χ0n) is 12.7. The Morgan fingerprint density at radius 2 is 2.22 bits per heavy atom. The number of hydrogen-bond donors (Lipinski definition) is 1. The highest BCUT2D eigenvalue weighted by atomic mass is 16.2. The Balaban J connectivity index is 1.49. The van der Waals surface area contributed by atoms with Gasteiger partial charge in [0.05, 0.1) is 24.1 Å². The number of nitrogens with one attached hydrogen (secondary N) is 1. The maximum Gasteiger partial charge on any atom is 0.323 e. The van der Waals surface area contributed by atoms with E-state index in [2.05, 4.69) is 20.0 Å². The van der Waals surface area contributed by atoms with Crippen LogP contribution in [0.3, 0.4) is 0 Å². The van der Waals surface area contributed by atoms with Crippen LogP contribution in [0.1, 0.15) is 18.9 Å². The van der Waals surface area contributed by atoms with E-state index in [4.69, 9.17) is 0 Å². The third-order valence-electron chi connectivity index (χ3n) is 4.29. The molecule has 118 valence electrons. The quantitative estimate of drug-likeness (QED) is 0.790. The minimum atomic E-state index is -0.0854. The van der Waals surface area contributed by atoms with Crippen molar-refractivity contribution >= 4 is 17.4 Å². The highest BCUT2D eigenvalue weighted by molar-refractivity contribution is 5.88. The van der Waals surface area contributed by atoms with E-state index < -0.39 is 0 Å². The number of urea groups is 1. The summed E-state index contributed by atoms with van der Waals surface area (Å²) in [5, 5.41) is 7.21. The van der Waals surface area contributed by atoms with E-state index in [9.17, 15) is 4.79 Å². The lowest BCUT2D eigenvalue weighted by atomic mass is 10.1. The maximum atomic E-state index is 12.6. The minimum Gasteiger partial charge on any atom is -0.333 e. The average Bonchev–Trinajstić information content (AvgIpc) is 3.27. The molecule has 0 spiro atoms. The Labute approximate surface area is 133 Å². The Hall–Kier alpha value is -2.83. The Morgan fingerprint density at radius 3 is 3.09 bits per heavy atom. The van der Waals surface area contributed by atoms with Crippen LogP contribution in [0.4, 0.5) is 10.6 Å². The molecule has 0 aromatic carbocycles. The van der Waals surface area contributed by atoms with Crippen LogP contribution in [0.2, 0.25) is 0 Å². The van der Waals surface area contributed by atoms with E-state index in [1.165, 1.54) is 0 Å². The molecular formula is C16H18N6O. The smallest absolute Gasteiger partial charge is 0.323 e. The van der Waals surface area contributed by atoms with Crippen LogP contribution < -0.4 is 5.32 Å². The highest BCUT2D eigenvalue weighted by Crippen LogP contribution is 2.22. The number of fused-ring (bicyclic) bond motifs is 1. The fraction of sp³-hybridized carbons (Fsp3) is 0.312. The van der Waals surface area contributed by atoms with Crippen molar-refractivity contribution in [2.45, 2.75) is 18.9 Å². The molecule has 1 aliphatic rings. The van der Waals surface area contributed by atoms with Gasteiger partial charge in [0.2, 0.25) is 0 Å². The number of nitrogens with zero attached hydrogens (tertiary/aromatic N) is 5. The van der Waals surface area contributed by atoms with Crippen molar-refractivity contribution in [3.63, 3.8) is 0 Å². The number of piperidine rings is 1. The first-order valence-corrected chi connectivity index (χ1v) is 7.77. The first kappa shape index (κ1) is 13.8. The third kappa shape index (κ3) is 2.65. The Kier molecular flexibility index (Phi) is 3.45. The molecule has 0 bridgehead atoms. The van der Waals surface area contributed by atoms with Crippen molar-refractivity contribution in [1.29, 1.82) is 0 Å². The normalized spacial score (nSPS) is 18.3. The molecule has 1 unspecified atom stereocenters. The number of likely N-dealkylation sites (tertiary alicyclic amines) is 1. The van der Waals surface area contributed by atoms with Crippen molar-refractivity contribution in [2.75, 3.05) is 18.4 Å². The molecule has 3 aromatic heterocycles. The summed E-state index contributed by atoms with van der Waals surface area (Å²) in [6, 6.07) is 7.84. The zero-order chi connectivity index (χ0) is 15.6. The van der Waals surface area contributed by atoms with Gasteiger partial charge >= 0.3 is 6.03 Å². The number of rotatable bonds is 2. The predicted molar refractivity (Wildman–Crippen MR) is 86.3 cm³/mol. The number of imidazole rings is 1. The molecule has 4 rings (SSSR count). The first-order chi connectivity index (χ1) is 11.3. The number of carbonyl (C=O) groups is 1. The Morgan fingerprint density at radius 1 is 1.26 bits per heavy atom. The van der Waals surface area contributed by atoms with Crippen LogP contribution in [0, 0.1) is 0 Å². The van der Waals surface area contributed by atoms with Crippen LogP contribution in [-0.2, 0) is 0 Å². The molecule has 0 aliphatic carbocycles. The number of aromatic nitrogens is 4. The van der Waals surface area contributed by atoms with Crippen LogP contribution in [-0.4, -0.2) is 43.2 Å². The van der Waals surface area contributed by atoms with Crippen molar-refractivity contribution in [3.05, 3.63) is 49.2 Å². The lowest BCUT2D eigenvalue weighted by Crippen LogP contribution is -2.43. The highest BCUT2D eigenvalue weighted by Gasteiger charge is 2.24. The third-order valence-corrected chi connectivity index (χ3v) is 4.29. The molecule has 1 fully saturated rings. The van der Waals surface area contributed by atoms with Gasteiger partial charge in [0, 0.05) is 25.5 Å². The first-order valence-electron chi connectivity index (χ1n) is 7.77. The summed E-state index contributed by atoms with van der Waals surface area (Å²) in [6.07, 6.45) is 9.32. The summed E-state index contributed by atoms with van der Waals surface area (Å²) in [5.74, 6) is 0.683. The topological polar surface area (TPSA) is 67.5 Å². The second kappa shape index (κ2) is 5.75. The number of anilines is 1. The van der Waals surface area contributed by atoms with E-state index in [0.29, 0.717) is 12.4 Å². The standard InChI is InChI=1S/C16H18N6O/c23-16(19-15-5-1-3-13-6-7-18-22(13)15)20-9-2-4-14(11-20)21-10-8-17-12-21/h1,3,5-8,10,12,14H,2,4,9,11H2,(H,19,23). The second-order valence-corrected chi connectivity index (χ2v) is 5.76. The van der Waals surface area contributed by atoms with Crippen LogP contribution in [0.15, 0.2) is 49.2 Å². The van der Waals surface area contributed by atoms with E-state index in [1.807, 2.05) is 41.7 Å². The molecule has 1 atom stereocenters. The van der Waals surface area contributed by atoms with Gasteiger partial charge in [-0.25, -0.2) is 14.3 Å². The van der Waals surface area contributed by atoms with Gasteiger partial charge in [0.25, 0.3) is 0 Å². The predicted octanol–water partition coefficient (Wildman–Crippen LogP) is 2.40. The summed E-state index contributed by atoms with van der Waals surface area (Å²) in [4.78, 5) is 18.6. The molecule has 3 aromatic rings. The van der Waals surface area contributed by atoms with Crippen LogP contribution in [0.5, 0.6) is 0 Å². The minimum absolute atomic E-state index is 0.0854. The van der Waals surface area contributed by atoms with Gasteiger partial charge < -0.3 is 9.47 Å². The lowest BCUT2D eigenvalue weighted by Gasteiger charge is -2.33. The second-order valence-electron chi connectivity index (χ2n) is 5.76. The summed E-state index contributed by atoms with van der Waals surface area (Å²) < 4.78 is 3.81. The van der Waals surface area contributed by atoms with Gasteiger partial charge in [-0.3, -0.25) is 5.32 Å². The number of pyridine rings is 1. The molecule has 23 heavy (non-hydrogen) atoms. The summed E-state index contributed by atoms with van der Waals surface area (Å²) >= 11 is 0. The number of carbonyl (C=O) groups excluding carboxylic acids is 1. The zero-order valence-corrected chi connectivity index (χ0v) is 12.7. The molecule has 1 aliphatic heterocycles. The van der Waals surface area contributed by atoms with Gasteiger partial charge in [-0.05, 0) is 31.0 Å². The van der Waals surface area contributed by atoms with E-state index in [0.717, 1.165) is 24.9 Å². The van der Waals surface area contributed by atoms with E-state index in [1.54, 1.807) is 16.9 Å². The van der Waals surface area contributed by atoms with Gasteiger partial charge in [0.15, 0.2) is 0 Å². The van der Waals surface area contributed by atoms with Crippen LogP contribution >= 0.6 is 0 Å². The van der Waals surface area contributed by atoms with Crippen molar-refractivity contribution < 1.29 is 4.79 Å². The maximum absolute atomic E-state index is 12.6. The lowest BCUT2D eigenvalue weighted by molar-refractivity contribution is 0.178. The molecule has 2 amide bonds. The number of amides is 2. The Bertz CT molecular complexity index is 809. The molecular weight excluding hydrogens is 292 g/mol. The van der Waals surface area contributed by atoms with E-state index >= 15 is 0 Å². The van der Waals surface area contributed by atoms with Crippen molar-refractivity contribution in [3.8, 4) is 0 Å². The largest absolute Gasteiger partial charge is 0.333 e. The molecule has 1 saturated heterocycles. The van der Waals surface area contributed by atoms with Gasteiger partial charge in [-0.1, -0.05) is 6.07 Å². The summed E-state index contributed by atoms with van der Waals surface area (Å²) in [7, 11) is 0. The molecule has 1 N–H and O–H groups in total.